The summed E-state index contributed by atoms with van der Waals surface area (Å²) in [6.45, 7) is 2.01. The summed E-state index contributed by atoms with van der Waals surface area (Å²) in [5.74, 6) is -1.09. The van der Waals surface area contributed by atoms with Gasteiger partial charge in [-0.15, -0.1) is 0 Å². The van der Waals surface area contributed by atoms with Crippen LogP contribution in [0.25, 0.3) is 0 Å². The molecular formula is C22H21F3N4O2. The van der Waals surface area contributed by atoms with Gasteiger partial charge in [0.05, 0.1) is 22.5 Å². The molecule has 0 unspecified atom stereocenters. The number of para-hydroxylation sites is 1. The summed E-state index contributed by atoms with van der Waals surface area (Å²) in [5.41, 5.74) is 0.587. The van der Waals surface area contributed by atoms with Gasteiger partial charge in [-0.05, 0) is 42.8 Å². The summed E-state index contributed by atoms with van der Waals surface area (Å²) in [5, 5.41) is 9.42. The lowest BCUT2D eigenvalue weighted by atomic mass is 10.1. The largest absolute Gasteiger partial charge is 0.416 e. The van der Waals surface area contributed by atoms with Crippen LogP contribution in [0.5, 0.6) is 0 Å². The van der Waals surface area contributed by atoms with E-state index in [1.54, 1.807) is 31.3 Å². The average molecular weight is 430 g/mol. The standard InChI is InChI=1S/C22H21F3N4O2/c1-3-7-16-13-19(29(2)28-16)21(31)27-18-11-5-4-10-17(18)20(30)26-15-9-6-8-14(12-15)22(23,24)25/h4-6,8-13H,3,7H2,1-2H3,(H,26,30)(H,27,31). The maximum atomic E-state index is 12.9. The highest BCUT2D eigenvalue weighted by Gasteiger charge is 2.30. The second-order valence-corrected chi connectivity index (χ2v) is 6.93. The number of amides is 2. The van der Waals surface area contributed by atoms with Gasteiger partial charge in [-0.2, -0.15) is 18.3 Å². The van der Waals surface area contributed by atoms with Crippen LogP contribution >= 0.6 is 0 Å². The number of alkyl halides is 3. The first-order valence-electron chi connectivity index (χ1n) is 9.61. The Labute approximate surface area is 177 Å². The van der Waals surface area contributed by atoms with Gasteiger partial charge in [-0.1, -0.05) is 31.5 Å². The van der Waals surface area contributed by atoms with Gasteiger partial charge in [0, 0.05) is 12.7 Å². The second kappa shape index (κ2) is 9.03. The minimum absolute atomic E-state index is 0.00297. The smallest absolute Gasteiger partial charge is 0.322 e. The SMILES string of the molecule is CCCc1cc(C(=O)Nc2ccccc2C(=O)Nc2cccc(C(F)(F)F)c2)n(C)n1. The minimum atomic E-state index is -4.52. The van der Waals surface area contributed by atoms with Crippen molar-refractivity contribution in [2.75, 3.05) is 10.6 Å². The molecule has 0 saturated carbocycles. The van der Waals surface area contributed by atoms with Gasteiger partial charge in [-0.3, -0.25) is 14.3 Å². The zero-order valence-electron chi connectivity index (χ0n) is 17.0. The highest BCUT2D eigenvalue weighted by atomic mass is 19.4. The summed E-state index contributed by atoms with van der Waals surface area (Å²) >= 11 is 0. The Bertz CT molecular complexity index is 1110. The molecule has 31 heavy (non-hydrogen) atoms. The van der Waals surface area contributed by atoms with E-state index >= 15 is 0 Å². The number of anilines is 2. The molecule has 0 radical (unpaired) electrons. The molecule has 0 atom stereocenters. The fourth-order valence-electron chi connectivity index (χ4n) is 3.07. The summed E-state index contributed by atoms with van der Waals surface area (Å²) < 4.78 is 40.2. The van der Waals surface area contributed by atoms with Crippen LogP contribution in [-0.4, -0.2) is 21.6 Å². The maximum Gasteiger partial charge on any atom is 0.416 e. The van der Waals surface area contributed by atoms with Crippen LogP contribution in [0.2, 0.25) is 0 Å². The second-order valence-electron chi connectivity index (χ2n) is 6.93. The molecule has 1 aromatic heterocycles. The number of nitrogens with zero attached hydrogens (tertiary/aromatic N) is 2. The van der Waals surface area contributed by atoms with E-state index in [-0.39, 0.29) is 16.9 Å². The molecule has 2 N–H and O–H groups in total. The summed E-state index contributed by atoms with van der Waals surface area (Å²) in [6, 6.07) is 12.3. The molecule has 0 bridgehead atoms. The molecule has 0 fully saturated rings. The normalized spacial score (nSPS) is 11.3. The lowest BCUT2D eigenvalue weighted by Gasteiger charge is -2.13. The molecule has 162 valence electrons. The quantitative estimate of drug-likeness (QED) is 0.584. The Hall–Kier alpha value is -3.62. The van der Waals surface area contributed by atoms with Crippen molar-refractivity contribution in [3.63, 3.8) is 0 Å². The van der Waals surface area contributed by atoms with Crippen molar-refractivity contribution in [3.8, 4) is 0 Å². The molecule has 0 aliphatic rings. The Morgan fingerprint density at radius 2 is 1.74 bits per heavy atom. The Kier molecular flexibility index (Phi) is 6.43. The van der Waals surface area contributed by atoms with Crippen LogP contribution in [-0.2, 0) is 19.6 Å². The number of nitrogens with one attached hydrogen (secondary N) is 2. The summed E-state index contributed by atoms with van der Waals surface area (Å²) in [7, 11) is 1.65. The molecule has 0 saturated heterocycles. The molecule has 0 spiro atoms. The Morgan fingerprint density at radius 3 is 2.45 bits per heavy atom. The Balaban J connectivity index is 1.80. The maximum absolute atomic E-state index is 12.9. The molecule has 0 aliphatic heterocycles. The number of rotatable bonds is 6. The van der Waals surface area contributed by atoms with Crippen molar-refractivity contribution >= 4 is 23.2 Å². The van der Waals surface area contributed by atoms with Crippen molar-refractivity contribution in [3.05, 3.63) is 77.1 Å². The highest BCUT2D eigenvalue weighted by molar-refractivity contribution is 6.12. The third-order valence-corrected chi connectivity index (χ3v) is 4.54. The molecule has 1 heterocycles. The van der Waals surface area contributed by atoms with Crippen molar-refractivity contribution in [1.82, 2.24) is 9.78 Å². The van der Waals surface area contributed by atoms with E-state index in [9.17, 15) is 22.8 Å². The van der Waals surface area contributed by atoms with Gasteiger partial charge < -0.3 is 10.6 Å². The minimum Gasteiger partial charge on any atom is -0.322 e. The molecule has 2 amide bonds. The van der Waals surface area contributed by atoms with Gasteiger partial charge in [0.25, 0.3) is 11.8 Å². The van der Waals surface area contributed by atoms with E-state index in [2.05, 4.69) is 15.7 Å². The fraction of sp³-hybridized carbons (Fsp3) is 0.227. The van der Waals surface area contributed by atoms with Gasteiger partial charge in [0.15, 0.2) is 0 Å². The molecule has 0 aliphatic carbocycles. The van der Waals surface area contributed by atoms with E-state index in [0.717, 1.165) is 30.7 Å². The van der Waals surface area contributed by atoms with E-state index < -0.39 is 23.6 Å². The number of aromatic nitrogens is 2. The lowest BCUT2D eigenvalue weighted by molar-refractivity contribution is -0.137. The zero-order valence-corrected chi connectivity index (χ0v) is 17.0. The van der Waals surface area contributed by atoms with Gasteiger partial charge >= 0.3 is 6.18 Å². The molecule has 6 nitrogen and oxygen atoms in total. The van der Waals surface area contributed by atoms with Gasteiger partial charge in [-0.25, -0.2) is 0 Å². The number of hydrogen-bond acceptors (Lipinski definition) is 3. The predicted octanol–water partition coefficient (Wildman–Crippen LogP) is 4.90. The number of hydrogen-bond donors (Lipinski definition) is 2. The molecule has 9 heteroatoms. The van der Waals surface area contributed by atoms with Crippen molar-refractivity contribution in [2.45, 2.75) is 25.9 Å². The number of aryl methyl sites for hydroxylation is 2. The zero-order chi connectivity index (χ0) is 22.6. The predicted molar refractivity (Wildman–Crippen MR) is 111 cm³/mol. The summed E-state index contributed by atoms with van der Waals surface area (Å²) in [4.78, 5) is 25.4. The van der Waals surface area contributed by atoms with E-state index in [0.29, 0.717) is 5.69 Å². The third-order valence-electron chi connectivity index (χ3n) is 4.54. The van der Waals surface area contributed by atoms with Crippen LogP contribution in [0.1, 0.15) is 45.4 Å². The van der Waals surface area contributed by atoms with Gasteiger partial charge in [0.2, 0.25) is 0 Å². The first-order chi connectivity index (χ1) is 14.7. The molecular weight excluding hydrogens is 409 g/mol. The van der Waals surface area contributed by atoms with E-state index in [1.807, 2.05) is 6.92 Å². The van der Waals surface area contributed by atoms with Crippen LogP contribution < -0.4 is 10.6 Å². The number of benzene rings is 2. The Morgan fingerprint density at radius 1 is 1.00 bits per heavy atom. The van der Waals surface area contributed by atoms with Crippen LogP contribution in [0.3, 0.4) is 0 Å². The topological polar surface area (TPSA) is 76.0 Å². The first kappa shape index (κ1) is 22.1. The summed E-state index contributed by atoms with van der Waals surface area (Å²) in [6.07, 6.45) is -2.90. The lowest BCUT2D eigenvalue weighted by Crippen LogP contribution is -2.20. The van der Waals surface area contributed by atoms with Crippen LogP contribution in [0.4, 0.5) is 24.5 Å². The van der Waals surface area contributed by atoms with E-state index in [4.69, 9.17) is 0 Å². The number of carbonyl (C=O) groups excluding carboxylic acids is 2. The highest BCUT2D eigenvalue weighted by Crippen LogP contribution is 2.31. The monoisotopic (exact) mass is 430 g/mol. The van der Waals surface area contributed by atoms with Crippen molar-refractivity contribution in [1.29, 1.82) is 0 Å². The van der Waals surface area contributed by atoms with E-state index in [1.165, 1.54) is 22.9 Å². The van der Waals surface area contributed by atoms with Crippen LogP contribution in [0, 0.1) is 0 Å². The fourth-order valence-corrected chi connectivity index (χ4v) is 3.07. The average Bonchev–Trinajstić information content (AvgIpc) is 3.08. The van der Waals surface area contributed by atoms with Crippen molar-refractivity contribution < 1.29 is 22.8 Å². The molecule has 3 aromatic rings. The molecule has 2 aromatic carbocycles. The van der Waals surface area contributed by atoms with Crippen molar-refractivity contribution in [2.24, 2.45) is 7.05 Å². The molecule has 3 rings (SSSR count). The number of halogens is 3. The van der Waals surface area contributed by atoms with Gasteiger partial charge in [0.1, 0.15) is 5.69 Å². The van der Waals surface area contributed by atoms with Crippen LogP contribution in [0.15, 0.2) is 54.6 Å². The third kappa shape index (κ3) is 5.30. The first-order valence-corrected chi connectivity index (χ1v) is 9.61. The number of carbonyl (C=O) groups is 2.